The Balaban J connectivity index is 2.17. The molecule has 1 saturated heterocycles. The predicted molar refractivity (Wildman–Crippen MR) is 42.3 cm³/mol. The summed E-state index contributed by atoms with van der Waals surface area (Å²) in [5, 5.41) is 2.79. The predicted octanol–water partition coefficient (Wildman–Crippen LogP) is 0.693. The fourth-order valence-electron chi connectivity index (χ4n) is 1.12. The lowest BCUT2D eigenvalue weighted by atomic mass is 10.2. The van der Waals surface area contributed by atoms with Gasteiger partial charge in [-0.25, -0.2) is 0 Å². The number of carbonyl (C=O) groups is 1. The van der Waals surface area contributed by atoms with Crippen molar-refractivity contribution in [1.82, 2.24) is 5.32 Å². The van der Waals surface area contributed by atoms with Gasteiger partial charge in [-0.15, -0.1) is 0 Å². The Morgan fingerprint density at radius 3 is 3.00 bits per heavy atom. The van der Waals surface area contributed by atoms with Gasteiger partial charge in [-0.2, -0.15) is 0 Å². The van der Waals surface area contributed by atoms with Crippen molar-refractivity contribution in [3.8, 4) is 0 Å². The highest BCUT2D eigenvalue weighted by molar-refractivity contribution is 5.75. The van der Waals surface area contributed by atoms with E-state index in [-0.39, 0.29) is 5.91 Å². The molecule has 1 fully saturated rings. The largest absolute Gasteiger partial charge is 0.380 e. The first-order chi connectivity index (χ1) is 5.39. The molecule has 0 unspecified atom stereocenters. The van der Waals surface area contributed by atoms with Gasteiger partial charge >= 0.3 is 0 Å². The van der Waals surface area contributed by atoms with Crippen molar-refractivity contribution < 1.29 is 9.53 Å². The lowest BCUT2D eigenvalue weighted by Gasteiger charge is -2.09. The van der Waals surface area contributed by atoms with E-state index < -0.39 is 0 Å². The summed E-state index contributed by atoms with van der Waals surface area (Å²) in [4.78, 5) is 10.9. The normalized spacial score (nSPS) is 22.4. The van der Waals surface area contributed by atoms with Crippen LogP contribution in [0.25, 0.3) is 0 Å². The van der Waals surface area contributed by atoms with Crippen LogP contribution in [0, 0.1) is 0 Å². The Bertz CT molecular complexity index is 113. The number of rotatable bonds is 0. The lowest BCUT2D eigenvalue weighted by Crippen LogP contribution is -2.27. The molecular formula is C8H15NO2. The maximum absolute atomic E-state index is 10.9. The molecule has 0 atom stereocenters. The average molecular weight is 157 g/mol. The van der Waals surface area contributed by atoms with Crippen LogP contribution >= 0.6 is 0 Å². The molecule has 1 N–H and O–H groups in total. The number of carbonyl (C=O) groups excluding carboxylic acids is 1. The van der Waals surface area contributed by atoms with Crippen LogP contribution in [0.3, 0.4) is 0 Å². The van der Waals surface area contributed by atoms with E-state index in [1.54, 1.807) is 0 Å². The Labute approximate surface area is 67.1 Å². The summed E-state index contributed by atoms with van der Waals surface area (Å²) in [6.07, 6.45) is 3.87. The highest BCUT2D eigenvalue weighted by atomic mass is 16.5. The van der Waals surface area contributed by atoms with E-state index in [9.17, 15) is 4.79 Å². The van der Waals surface area contributed by atoms with E-state index in [1.807, 2.05) is 0 Å². The van der Waals surface area contributed by atoms with Gasteiger partial charge in [0.1, 0.15) is 0 Å². The van der Waals surface area contributed by atoms with Gasteiger partial charge in [0.05, 0.1) is 6.61 Å². The summed E-state index contributed by atoms with van der Waals surface area (Å²) < 4.78 is 5.24. The molecule has 0 spiro atoms. The van der Waals surface area contributed by atoms with Gasteiger partial charge in [0.2, 0.25) is 5.91 Å². The van der Waals surface area contributed by atoms with Crippen molar-refractivity contribution in [2.24, 2.45) is 0 Å². The van der Waals surface area contributed by atoms with Gasteiger partial charge in [-0.3, -0.25) is 4.79 Å². The molecule has 3 nitrogen and oxygen atoms in total. The Morgan fingerprint density at radius 2 is 2.09 bits per heavy atom. The molecule has 1 aliphatic rings. The first-order valence-electron chi connectivity index (χ1n) is 4.24. The lowest BCUT2D eigenvalue weighted by molar-refractivity contribution is -0.121. The summed E-state index contributed by atoms with van der Waals surface area (Å²) in [7, 11) is 0. The second kappa shape index (κ2) is 5.13. The van der Waals surface area contributed by atoms with Crippen molar-refractivity contribution >= 4 is 5.91 Å². The van der Waals surface area contributed by atoms with Crippen LogP contribution in [-0.2, 0) is 9.53 Å². The molecular weight excluding hydrogens is 142 g/mol. The zero-order valence-corrected chi connectivity index (χ0v) is 6.77. The van der Waals surface area contributed by atoms with Gasteiger partial charge in [-0.1, -0.05) is 6.42 Å². The Hall–Kier alpha value is -0.570. The summed E-state index contributed by atoms with van der Waals surface area (Å²) in [5.41, 5.74) is 0. The zero-order valence-electron chi connectivity index (χ0n) is 6.77. The minimum Gasteiger partial charge on any atom is -0.380 e. The van der Waals surface area contributed by atoms with E-state index in [0.717, 1.165) is 25.9 Å². The summed E-state index contributed by atoms with van der Waals surface area (Å²) in [6, 6.07) is 0. The molecule has 11 heavy (non-hydrogen) atoms. The third kappa shape index (κ3) is 3.98. The van der Waals surface area contributed by atoms with E-state index >= 15 is 0 Å². The Morgan fingerprint density at radius 1 is 1.18 bits per heavy atom. The standard InChI is InChI=1S/C8H15NO2/c10-8-4-2-1-3-6-11-7-5-9-8/h1-7H2,(H,9,10). The zero-order chi connectivity index (χ0) is 7.94. The molecule has 0 aliphatic carbocycles. The molecule has 1 heterocycles. The smallest absolute Gasteiger partial charge is 0.220 e. The van der Waals surface area contributed by atoms with E-state index in [2.05, 4.69) is 5.32 Å². The minimum absolute atomic E-state index is 0.163. The molecule has 0 aromatic carbocycles. The number of hydrogen-bond donors (Lipinski definition) is 1. The van der Waals surface area contributed by atoms with Gasteiger partial charge in [0.15, 0.2) is 0 Å². The fraction of sp³-hybridized carbons (Fsp3) is 0.875. The van der Waals surface area contributed by atoms with Crippen LogP contribution in [0.5, 0.6) is 0 Å². The monoisotopic (exact) mass is 157 g/mol. The maximum Gasteiger partial charge on any atom is 0.220 e. The fourth-order valence-corrected chi connectivity index (χ4v) is 1.12. The SMILES string of the molecule is O=C1CCCCCOCCN1. The number of ether oxygens (including phenoxy) is 1. The molecule has 0 radical (unpaired) electrons. The number of hydrogen-bond acceptors (Lipinski definition) is 2. The molecule has 0 saturated carbocycles. The van der Waals surface area contributed by atoms with Gasteiger partial charge in [0.25, 0.3) is 0 Å². The molecule has 3 heteroatoms. The molecule has 0 aromatic rings. The van der Waals surface area contributed by atoms with Crippen LogP contribution in [0.4, 0.5) is 0 Å². The molecule has 1 amide bonds. The van der Waals surface area contributed by atoms with Crippen molar-refractivity contribution in [2.75, 3.05) is 19.8 Å². The second-order valence-electron chi connectivity index (χ2n) is 2.77. The first kappa shape index (κ1) is 8.53. The summed E-state index contributed by atoms with van der Waals surface area (Å²) >= 11 is 0. The minimum atomic E-state index is 0.163. The van der Waals surface area contributed by atoms with Crippen LogP contribution in [0.1, 0.15) is 25.7 Å². The maximum atomic E-state index is 10.9. The highest BCUT2D eigenvalue weighted by Gasteiger charge is 2.01. The second-order valence-corrected chi connectivity index (χ2v) is 2.77. The molecule has 0 bridgehead atoms. The molecule has 64 valence electrons. The van der Waals surface area contributed by atoms with Crippen LogP contribution < -0.4 is 5.32 Å². The quantitative estimate of drug-likeness (QED) is 0.562. The van der Waals surface area contributed by atoms with E-state index in [4.69, 9.17) is 4.74 Å². The van der Waals surface area contributed by atoms with Crippen molar-refractivity contribution in [2.45, 2.75) is 25.7 Å². The van der Waals surface area contributed by atoms with E-state index in [1.165, 1.54) is 0 Å². The van der Waals surface area contributed by atoms with Gasteiger partial charge in [-0.05, 0) is 12.8 Å². The number of nitrogens with one attached hydrogen (secondary N) is 1. The van der Waals surface area contributed by atoms with Crippen LogP contribution in [0.15, 0.2) is 0 Å². The van der Waals surface area contributed by atoms with E-state index in [0.29, 0.717) is 19.6 Å². The third-order valence-electron chi connectivity index (χ3n) is 1.76. The van der Waals surface area contributed by atoms with Crippen molar-refractivity contribution in [3.05, 3.63) is 0 Å². The molecule has 1 rings (SSSR count). The van der Waals surface area contributed by atoms with Crippen LogP contribution in [0.2, 0.25) is 0 Å². The summed E-state index contributed by atoms with van der Waals surface area (Å²) in [6.45, 7) is 2.17. The third-order valence-corrected chi connectivity index (χ3v) is 1.76. The average Bonchev–Trinajstić information content (AvgIpc) is 2.03. The van der Waals surface area contributed by atoms with Gasteiger partial charge < -0.3 is 10.1 Å². The summed E-state index contributed by atoms with van der Waals surface area (Å²) in [5.74, 6) is 0.163. The topological polar surface area (TPSA) is 38.3 Å². The number of amides is 1. The molecule has 1 aliphatic heterocycles. The first-order valence-corrected chi connectivity index (χ1v) is 4.24. The van der Waals surface area contributed by atoms with Crippen LogP contribution in [-0.4, -0.2) is 25.7 Å². The van der Waals surface area contributed by atoms with Crippen molar-refractivity contribution in [1.29, 1.82) is 0 Å². The van der Waals surface area contributed by atoms with Gasteiger partial charge in [0, 0.05) is 19.6 Å². The van der Waals surface area contributed by atoms with Crippen molar-refractivity contribution in [3.63, 3.8) is 0 Å². The Kier molecular flexibility index (Phi) is 3.98. The highest BCUT2D eigenvalue weighted by Crippen LogP contribution is 2.01. The molecule has 0 aromatic heterocycles.